The molecule has 0 aromatic rings. The van der Waals surface area contributed by atoms with Crippen LogP contribution in [0.2, 0.25) is 0 Å². The number of rotatable bonds is 5. The van der Waals surface area contributed by atoms with Crippen LogP contribution in [-0.4, -0.2) is 30.2 Å². The number of carbonyl (C=O) groups is 1. The van der Waals surface area contributed by atoms with E-state index in [2.05, 4.69) is 13.8 Å². The minimum Gasteiger partial charge on any atom is -0.393 e. The van der Waals surface area contributed by atoms with Gasteiger partial charge in [0.25, 0.3) is 0 Å². The number of Topliss-reactive ketones (excluding diaryl/α,β-unsaturated/α-hetero) is 1. The van der Waals surface area contributed by atoms with Gasteiger partial charge in [0.2, 0.25) is 0 Å². The van der Waals surface area contributed by atoms with E-state index in [-0.39, 0.29) is 6.10 Å². The van der Waals surface area contributed by atoms with Gasteiger partial charge in [0, 0.05) is 13.5 Å². The predicted molar refractivity (Wildman–Crippen MR) is 112 cm³/mol. The van der Waals surface area contributed by atoms with Crippen molar-refractivity contribution >= 4 is 5.78 Å². The number of aliphatic hydroxyl groups is 1. The summed E-state index contributed by atoms with van der Waals surface area (Å²) in [6, 6.07) is 0. The van der Waals surface area contributed by atoms with E-state index in [0.29, 0.717) is 41.0 Å². The third kappa shape index (κ3) is 3.49. The summed E-state index contributed by atoms with van der Waals surface area (Å²) in [5, 5.41) is 11.3. The van der Waals surface area contributed by atoms with Gasteiger partial charge in [0.1, 0.15) is 5.78 Å². The Labute approximate surface area is 172 Å². The molecule has 0 saturated heterocycles. The number of ether oxygens (including phenoxy) is 1. The van der Waals surface area contributed by atoms with E-state index in [1.807, 2.05) is 7.11 Å². The average molecular weight is 391 g/mol. The van der Waals surface area contributed by atoms with E-state index < -0.39 is 0 Å². The highest BCUT2D eigenvalue weighted by atomic mass is 16.5. The number of ketones is 1. The molecule has 0 amide bonds. The zero-order valence-electron chi connectivity index (χ0n) is 18.5. The first kappa shape index (κ1) is 20.8. The number of carbonyl (C=O) groups excluding carboxylic acids is 1. The molecule has 0 aliphatic heterocycles. The minimum absolute atomic E-state index is 0.113. The van der Waals surface area contributed by atoms with Crippen molar-refractivity contribution in [2.45, 2.75) is 97.2 Å². The maximum absolute atomic E-state index is 11.5. The summed E-state index contributed by atoms with van der Waals surface area (Å²) in [5.74, 6) is 5.11. The standard InChI is InChI=1S/C25H42O3/c1-15(5-6-16(2)26)21-9-10-22-24-20(11-12-25(21,22)3)19-8-7-18(28-4)13-17(19)14-23(24)27/h15,17-24,27H,5-14H2,1-4H3/t15?,17-,18-,19-,20+,21?,22?,23?,24+,25+/m0/s1. The summed E-state index contributed by atoms with van der Waals surface area (Å²) >= 11 is 0. The van der Waals surface area contributed by atoms with E-state index >= 15 is 0 Å². The van der Waals surface area contributed by atoms with Crippen molar-refractivity contribution in [1.82, 2.24) is 0 Å². The molecule has 28 heavy (non-hydrogen) atoms. The van der Waals surface area contributed by atoms with E-state index in [0.717, 1.165) is 43.4 Å². The van der Waals surface area contributed by atoms with Crippen LogP contribution in [0.3, 0.4) is 0 Å². The topological polar surface area (TPSA) is 46.5 Å². The van der Waals surface area contributed by atoms with Gasteiger partial charge in [0.15, 0.2) is 0 Å². The van der Waals surface area contributed by atoms with Gasteiger partial charge in [-0.05, 0) is 112 Å². The highest BCUT2D eigenvalue weighted by Crippen LogP contribution is 2.65. The van der Waals surface area contributed by atoms with E-state index in [1.165, 1.54) is 38.5 Å². The molecule has 4 aliphatic carbocycles. The molecule has 0 bridgehead atoms. The molecule has 1 N–H and O–H groups in total. The maximum Gasteiger partial charge on any atom is 0.129 e. The Hall–Kier alpha value is -0.410. The molecule has 160 valence electrons. The third-order valence-electron chi connectivity index (χ3n) is 9.96. The molecular weight excluding hydrogens is 348 g/mol. The first-order chi connectivity index (χ1) is 13.3. The predicted octanol–water partition coefficient (Wildman–Crippen LogP) is 5.25. The molecule has 0 radical (unpaired) electrons. The van der Waals surface area contributed by atoms with Crippen LogP contribution in [0.4, 0.5) is 0 Å². The van der Waals surface area contributed by atoms with Crippen LogP contribution in [-0.2, 0) is 9.53 Å². The van der Waals surface area contributed by atoms with Crippen molar-refractivity contribution in [2.24, 2.45) is 46.8 Å². The molecule has 3 heteroatoms. The van der Waals surface area contributed by atoms with Crippen molar-refractivity contribution in [1.29, 1.82) is 0 Å². The number of aliphatic hydroxyl groups excluding tert-OH is 1. The largest absolute Gasteiger partial charge is 0.393 e. The van der Waals surface area contributed by atoms with E-state index in [1.54, 1.807) is 6.92 Å². The minimum atomic E-state index is -0.113. The van der Waals surface area contributed by atoms with Gasteiger partial charge < -0.3 is 14.6 Å². The lowest BCUT2D eigenvalue weighted by molar-refractivity contribution is -0.139. The van der Waals surface area contributed by atoms with Crippen LogP contribution in [0.25, 0.3) is 0 Å². The molecule has 4 unspecified atom stereocenters. The quantitative estimate of drug-likeness (QED) is 0.698. The lowest BCUT2D eigenvalue weighted by atomic mass is 9.48. The second kappa shape index (κ2) is 8.02. The summed E-state index contributed by atoms with van der Waals surface area (Å²) < 4.78 is 5.67. The second-order valence-electron chi connectivity index (χ2n) is 11.2. The van der Waals surface area contributed by atoms with Gasteiger partial charge in [-0.2, -0.15) is 0 Å². The van der Waals surface area contributed by atoms with Crippen LogP contribution < -0.4 is 0 Å². The molecule has 0 heterocycles. The van der Waals surface area contributed by atoms with Gasteiger partial charge >= 0.3 is 0 Å². The Kier molecular flexibility index (Phi) is 5.97. The molecule has 10 atom stereocenters. The highest BCUT2D eigenvalue weighted by molar-refractivity contribution is 5.75. The summed E-state index contributed by atoms with van der Waals surface area (Å²) in [4.78, 5) is 11.5. The van der Waals surface area contributed by atoms with Crippen molar-refractivity contribution in [3.63, 3.8) is 0 Å². The molecule has 0 aromatic carbocycles. The first-order valence-electron chi connectivity index (χ1n) is 12.1. The van der Waals surface area contributed by atoms with Crippen molar-refractivity contribution < 1.29 is 14.6 Å². The fourth-order valence-electron chi connectivity index (χ4n) is 8.65. The van der Waals surface area contributed by atoms with Gasteiger partial charge in [0.05, 0.1) is 12.2 Å². The first-order valence-corrected chi connectivity index (χ1v) is 12.1. The zero-order valence-corrected chi connectivity index (χ0v) is 18.5. The van der Waals surface area contributed by atoms with Crippen molar-refractivity contribution in [3.05, 3.63) is 0 Å². The number of fused-ring (bicyclic) bond motifs is 5. The monoisotopic (exact) mass is 390 g/mol. The van der Waals surface area contributed by atoms with Crippen LogP contribution in [0.5, 0.6) is 0 Å². The lowest BCUT2D eigenvalue weighted by Gasteiger charge is -2.58. The average Bonchev–Trinajstić information content (AvgIpc) is 3.02. The Morgan fingerprint density at radius 2 is 1.93 bits per heavy atom. The second-order valence-corrected chi connectivity index (χ2v) is 11.2. The zero-order chi connectivity index (χ0) is 20.1. The van der Waals surface area contributed by atoms with Crippen molar-refractivity contribution in [3.8, 4) is 0 Å². The van der Waals surface area contributed by atoms with Gasteiger partial charge in [-0.15, -0.1) is 0 Å². The fourth-order valence-corrected chi connectivity index (χ4v) is 8.65. The third-order valence-corrected chi connectivity index (χ3v) is 9.96. The Bertz CT molecular complexity index is 574. The maximum atomic E-state index is 11.5. The van der Waals surface area contributed by atoms with Crippen LogP contribution >= 0.6 is 0 Å². The summed E-state index contributed by atoms with van der Waals surface area (Å²) in [7, 11) is 1.85. The van der Waals surface area contributed by atoms with Crippen LogP contribution in [0, 0.1) is 46.8 Å². The molecule has 3 nitrogen and oxygen atoms in total. The molecule has 4 aliphatic rings. The summed E-state index contributed by atoms with van der Waals surface area (Å²) in [6.07, 6.45) is 12.0. The van der Waals surface area contributed by atoms with E-state index in [4.69, 9.17) is 4.74 Å². The van der Waals surface area contributed by atoms with Gasteiger partial charge in [-0.1, -0.05) is 13.8 Å². The Morgan fingerprint density at radius 3 is 2.64 bits per heavy atom. The number of methoxy groups -OCH3 is 1. The summed E-state index contributed by atoms with van der Waals surface area (Å²) in [6.45, 7) is 6.65. The lowest BCUT2D eigenvalue weighted by Crippen LogP contribution is -2.54. The molecule has 0 aromatic heterocycles. The number of hydrogen-bond acceptors (Lipinski definition) is 3. The van der Waals surface area contributed by atoms with E-state index in [9.17, 15) is 9.90 Å². The normalized spacial score (nSPS) is 49.0. The molecule has 4 saturated carbocycles. The smallest absolute Gasteiger partial charge is 0.129 e. The van der Waals surface area contributed by atoms with Gasteiger partial charge in [-0.3, -0.25) is 0 Å². The Morgan fingerprint density at radius 1 is 1.14 bits per heavy atom. The SMILES string of the molecule is CO[C@H]1CC[C@H]2[C@H](CC(O)[C@H]3C4CCC(C(C)CCC(C)=O)[C@@]4(C)CC[C@@H]32)C1. The molecule has 0 spiro atoms. The highest BCUT2D eigenvalue weighted by Gasteiger charge is 2.59. The molecule has 4 fully saturated rings. The number of hydrogen-bond donors (Lipinski definition) is 1. The van der Waals surface area contributed by atoms with Crippen LogP contribution in [0.1, 0.15) is 85.0 Å². The Balaban J connectivity index is 1.50. The summed E-state index contributed by atoms with van der Waals surface area (Å²) in [5.41, 5.74) is 0.370. The van der Waals surface area contributed by atoms with Crippen LogP contribution in [0.15, 0.2) is 0 Å². The van der Waals surface area contributed by atoms with Crippen molar-refractivity contribution in [2.75, 3.05) is 7.11 Å². The molecular formula is C25H42O3. The van der Waals surface area contributed by atoms with Gasteiger partial charge in [-0.25, -0.2) is 0 Å². The fraction of sp³-hybridized carbons (Fsp3) is 0.960. The molecule has 4 rings (SSSR count).